The Bertz CT molecular complexity index is 164. The lowest BCUT2D eigenvalue weighted by atomic mass is 10.6. The van der Waals surface area contributed by atoms with Crippen LogP contribution in [0.1, 0.15) is 0 Å². The van der Waals surface area contributed by atoms with Crippen LogP contribution in [-0.2, 0) is 20.2 Å². The summed E-state index contributed by atoms with van der Waals surface area (Å²) in [6, 6.07) is 0. The van der Waals surface area contributed by atoms with Crippen molar-refractivity contribution in [2.75, 3.05) is 0 Å². The number of rotatable bonds is 0. The van der Waals surface area contributed by atoms with E-state index < -0.39 is 17.2 Å². The van der Waals surface area contributed by atoms with Crippen LogP contribution in [0.4, 0.5) is 0 Å². The smallest absolute Gasteiger partial charge is 0.317 e. The maximum absolute atomic E-state index is 10.2. The molecular formula is C3H3NO3S. The van der Waals surface area contributed by atoms with Crippen LogP contribution in [-0.4, -0.2) is 10.1 Å². The van der Waals surface area contributed by atoms with Gasteiger partial charge in [0.15, 0.2) is 0 Å². The Kier molecular flexibility index (Phi) is 1.29. The zero-order valence-corrected chi connectivity index (χ0v) is 4.60. The van der Waals surface area contributed by atoms with Crippen molar-refractivity contribution in [2.24, 2.45) is 0 Å². The van der Waals surface area contributed by atoms with Gasteiger partial charge in [0, 0.05) is 6.08 Å². The molecule has 4 nitrogen and oxygen atoms in total. The van der Waals surface area contributed by atoms with Gasteiger partial charge in [-0.3, -0.25) is 4.79 Å². The summed E-state index contributed by atoms with van der Waals surface area (Å²) < 4.78 is 16.5. The molecule has 0 radical (unpaired) electrons. The topological polar surface area (TPSA) is 55.4 Å². The molecule has 1 aliphatic heterocycles. The number of carbonyl (C=O) groups excluding carboxylic acids is 1. The normalized spacial score (nSPS) is 26.5. The lowest BCUT2D eigenvalue weighted by molar-refractivity contribution is -0.115. The van der Waals surface area contributed by atoms with Gasteiger partial charge in [-0.1, -0.05) is 0 Å². The SMILES string of the molecule is O=C1C=COS(=O)N1. The highest BCUT2D eigenvalue weighted by atomic mass is 32.2. The monoisotopic (exact) mass is 133 g/mol. The van der Waals surface area contributed by atoms with Crippen molar-refractivity contribution in [1.29, 1.82) is 0 Å². The number of nitrogens with one attached hydrogen (secondary N) is 1. The number of hydrogen-bond acceptors (Lipinski definition) is 3. The van der Waals surface area contributed by atoms with Gasteiger partial charge in [0.25, 0.3) is 5.91 Å². The van der Waals surface area contributed by atoms with E-state index in [0.29, 0.717) is 0 Å². The quantitative estimate of drug-likeness (QED) is 0.472. The molecule has 1 aliphatic rings. The molecule has 1 rings (SSSR count). The average molecular weight is 133 g/mol. The van der Waals surface area contributed by atoms with Crippen molar-refractivity contribution in [3.63, 3.8) is 0 Å². The van der Waals surface area contributed by atoms with Crippen LogP contribution >= 0.6 is 0 Å². The number of carbonyl (C=O) groups is 1. The van der Waals surface area contributed by atoms with E-state index in [1.807, 2.05) is 4.72 Å². The maximum Gasteiger partial charge on any atom is 0.317 e. The van der Waals surface area contributed by atoms with Gasteiger partial charge in [-0.25, -0.2) is 4.72 Å². The highest BCUT2D eigenvalue weighted by molar-refractivity contribution is 7.78. The Balaban J connectivity index is 2.68. The Labute approximate surface area is 48.3 Å². The van der Waals surface area contributed by atoms with E-state index in [4.69, 9.17) is 0 Å². The fraction of sp³-hybridized carbons (Fsp3) is 0. The van der Waals surface area contributed by atoms with Crippen LogP contribution in [0.3, 0.4) is 0 Å². The van der Waals surface area contributed by atoms with Crippen LogP contribution in [0.15, 0.2) is 12.3 Å². The summed E-state index contributed by atoms with van der Waals surface area (Å²) in [7, 11) is 0. The van der Waals surface area contributed by atoms with Crippen LogP contribution in [0, 0.1) is 0 Å². The van der Waals surface area contributed by atoms with Crippen molar-refractivity contribution >= 4 is 17.2 Å². The highest BCUT2D eigenvalue weighted by Gasteiger charge is 2.06. The Morgan fingerprint density at radius 2 is 2.50 bits per heavy atom. The predicted octanol–water partition coefficient (Wildman–Crippen LogP) is -0.775. The molecule has 8 heavy (non-hydrogen) atoms. The first-order valence-corrected chi connectivity index (χ1v) is 2.92. The van der Waals surface area contributed by atoms with E-state index in [0.717, 1.165) is 12.3 Å². The standard InChI is InChI=1S/C3H3NO3S/c5-3-1-2-7-8(6)4-3/h1-2H,(H,4,5). The van der Waals surface area contributed by atoms with Gasteiger partial charge in [0.2, 0.25) is 0 Å². The van der Waals surface area contributed by atoms with Gasteiger partial charge in [-0.05, 0) is 0 Å². The zero-order valence-electron chi connectivity index (χ0n) is 3.79. The Hall–Kier alpha value is -0.840. The van der Waals surface area contributed by atoms with Crippen LogP contribution in [0.2, 0.25) is 0 Å². The molecule has 1 amide bonds. The third-order valence-corrected chi connectivity index (χ3v) is 1.20. The molecule has 0 spiro atoms. The minimum atomic E-state index is -1.66. The van der Waals surface area contributed by atoms with E-state index in [1.165, 1.54) is 0 Å². The summed E-state index contributed by atoms with van der Waals surface area (Å²) in [5, 5.41) is 0. The molecular weight excluding hydrogens is 130 g/mol. The molecule has 0 saturated heterocycles. The summed E-state index contributed by atoms with van der Waals surface area (Å²) in [4.78, 5) is 10.2. The molecule has 1 atom stereocenters. The van der Waals surface area contributed by atoms with Crippen LogP contribution in [0.5, 0.6) is 0 Å². The molecule has 1 heterocycles. The van der Waals surface area contributed by atoms with Crippen molar-refractivity contribution in [1.82, 2.24) is 4.72 Å². The molecule has 1 unspecified atom stereocenters. The summed E-state index contributed by atoms with van der Waals surface area (Å²) in [6.07, 6.45) is 2.25. The first-order valence-electron chi connectivity index (χ1n) is 1.85. The highest BCUT2D eigenvalue weighted by Crippen LogP contribution is 1.89. The summed E-state index contributed by atoms with van der Waals surface area (Å²) in [5.41, 5.74) is 0. The molecule has 0 aliphatic carbocycles. The van der Waals surface area contributed by atoms with E-state index in [2.05, 4.69) is 4.18 Å². The first kappa shape index (κ1) is 5.30. The zero-order chi connectivity index (χ0) is 5.98. The van der Waals surface area contributed by atoms with Crippen molar-refractivity contribution in [2.45, 2.75) is 0 Å². The second kappa shape index (κ2) is 1.95. The lowest BCUT2D eigenvalue weighted by Crippen LogP contribution is -2.27. The number of amides is 1. The molecule has 0 saturated carbocycles. The molecule has 0 fully saturated rings. The van der Waals surface area contributed by atoms with E-state index in [1.54, 1.807) is 0 Å². The summed E-state index contributed by atoms with van der Waals surface area (Å²) in [6.45, 7) is 0. The largest absolute Gasteiger partial charge is 0.393 e. The number of hydrogen-bond donors (Lipinski definition) is 1. The average Bonchev–Trinajstić information content (AvgIpc) is 1.64. The second-order valence-corrected chi connectivity index (χ2v) is 1.97. The van der Waals surface area contributed by atoms with Crippen molar-refractivity contribution in [3.8, 4) is 0 Å². The van der Waals surface area contributed by atoms with Gasteiger partial charge in [0.1, 0.15) is 6.26 Å². The van der Waals surface area contributed by atoms with Gasteiger partial charge in [0.05, 0.1) is 0 Å². The maximum atomic E-state index is 10.2. The van der Waals surface area contributed by atoms with Crippen LogP contribution < -0.4 is 4.72 Å². The third-order valence-electron chi connectivity index (χ3n) is 0.546. The predicted molar refractivity (Wildman–Crippen MR) is 26.5 cm³/mol. The molecule has 5 heteroatoms. The first-order chi connectivity index (χ1) is 3.79. The molecule has 0 aromatic heterocycles. The minimum absolute atomic E-state index is 0.394. The molecule has 44 valence electrons. The molecule has 0 bridgehead atoms. The van der Waals surface area contributed by atoms with E-state index >= 15 is 0 Å². The van der Waals surface area contributed by atoms with Crippen LogP contribution in [0.25, 0.3) is 0 Å². The lowest BCUT2D eigenvalue weighted by Gasteiger charge is -2.02. The Morgan fingerprint density at radius 3 is 2.88 bits per heavy atom. The molecule has 0 aromatic carbocycles. The van der Waals surface area contributed by atoms with Crippen molar-refractivity contribution in [3.05, 3.63) is 12.3 Å². The fourth-order valence-electron chi connectivity index (χ4n) is 0.280. The summed E-state index contributed by atoms with van der Waals surface area (Å²) in [5.74, 6) is -0.394. The second-order valence-electron chi connectivity index (χ2n) is 1.10. The Morgan fingerprint density at radius 1 is 1.75 bits per heavy atom. The minimum Gasteiger partial charge on any atom is -0.393 e. The van der Waals surface area contributed by atoms with Gasteiger partial charge >= 0.3 is 11.3 Å². The van der Waals surface area contributed by atoms with Gasteiger partial charge in [-0.15, -0.1) is 0 Å². The molecule has 1 N–H and O–H groups in total. The van der Waals surface area contributed by atoms with E-state index in [9.17, 15) is 9.00 Å². The molecule has 0 aromatic rings. The van der Waals surface area contributed by atoms with E-state index in [-0.39, 0.29) is 0 Å². The van der Waals surface area contributed by atoms with Crippen molar-refractivity contribution < 1.29 is 13.2 Å². The fourth-order valence-corrected chi connectivity index (χ4v) is 0.717. The third kappa shape index (κ3) is 1.06. The summed E-state index contributed by atoms with van der Waals surface area (Å²) >= 11 is -1.66. The van der Waals surface area contributed by atoms with Gasteiger partial charge < -0.3 is 4.18 Å². The van der Waals surface area contributed by atoms with Gasteiger partial charge in [-0.2, -0.15) is 4.21 Å².